The van der Waals surface area contributed by atoms with Crippen LogP contribution in [-0.4, -0.2) is 31.1 Å². The molecule has 0 aliphatic carbocycles. The van der Waals surface area contributed by atoms with Crippen molar-refractivity contribution in [2.45, 2.75) is 44.7 Å². The summed E-state index contributed by atoms with van der Waals surface area (Å²) < 4.78 is 1.16. The Morgan fingerprint density at radius 3 is 3.00 bits per heavy atom. The van der Waals surface area contributed by atoms with Gasteiger partial charge >= 0.3 is 0 Å². The first-order valence-electron chi connectivity index (χ1n) is 7.36. The van der Waals surface area contributed by atoms with E-state index in [-0.39, 0.29) is 0 Å². The Kier molecular flexibility index (Phi) is 5.86. The Labute approximate surface area is 125 Å². The van der Waals surface area contributed by atoms with Gasteiger partial charge in [0, 0.05) is 16.6 Å². The number of hydrogen-bond acceptors (Lipinski definition) is 2. The molecule has 2 rings (SSSR count). The van der Waals surface area contributed by atoms with E-state index in [1.807, 2.05) is 0 Å². The standard InChI is InChI=1S/C16H25BrN2/c1-13(14-6-5-7-15(17)12-14)18-10-9-16-8-3-4-11-19(16)2/h5-7,12-13,16,18H,3-4,8-11H2,1-2H3. The molecule has 0 radical (unpaired) electrons. The topological polar surface area (TPSA) is 15.3 Å². The van der Waals surface area contributed by atoms with Crippen LogP contribution in [0.5, 0.6) is 0 Å². The van der Waals surface area contributed by atoms with E-state index in [1.165, 1.54) is 37.8 Å². The molecule has 1 heterocycles. The molecule has 0 amide bonds. The number of halogens is 1. The highest BCUT2D eigenvalue weighted by Crippen LogP contribution is 2.19. The minimum absolute atomic E-state index is 0.423. The van der Waals surface area contributed by atoms with Gasteiger partial charge in [-0.2, -0.15) is 0 Å². The van der Waals surface area contributed by atoms with Crippen molar-refractivity contribution in [1.82, 2.24) is 10.2 Å². The second kappa shape index (κ2) is 7.41. The van der Waals surface area contributed by atoms with Gasteiger partial charge in [-0.15, -0.1) is 0 Å². The van der Waals surface area contributed by atoms with Crippen LogP contribution in [0.1, 0.15) is 44.2 Å². The summed E-state index contributed by atoms with van der Waals surface area (Å²) >= 11 is 3.53. The Bertz CT molecular complexity index is 394. The van der Waals surface area contributed by atoms with Gasteiger partial charge in [-0.1, -0.05) is 34.5 Å². The Morgan fingerprint density at radius 2 is 2.26 bits per heavy atom. The van der Waals surface area contributed by atoms with E-state index in [1.54, 1.807) is 0 Å². The number of rotatable bonds is 5. The SMILES string of the molecule is CC(NCCC1CCCCN1C)c1cccc(Br)c1. The third-order valence-corrected chi connectivity index (χ3v) is 4.69. The summed E-state index contributed by atoms with van der Waals surface area (Å²) in [4.78, 5) is 2.52. The summed E-state index contributed by atoms with van der Waals surface area (Å²) in [5, 5.41) is 3.65. The van der Waals surface area contributed by atoms with Gasteiger partial charge in [0.05, 0.1) is 0 Å². The summed E-state index contributed by atoms with van der Waals surface area (Å²) in [6.45, 7) is 4.61. The fourth-order valence-corrected chi connectivity index (χ4v) is 3.29. The molecule has 1 aliphatic rings. The van der Waals surface area contributed by atoms with Gasteiger partial charge in [0.15, 0.2) is 0 Å². The van der Waals surface area contributed by atoms with Gasteiger partial charge in [0.1, 0.15) is 0 Å². The molecule has 3 heteroatoms. The first-order valence-corrected chi connectivity index (χ1v) is 8.15. The van der Waals surface area contributed by atoms with Crippen LogP contribution in [0.25, 0.3) is 0 Å². The lowest BCUT2D eigenvalue weighted by Crippen LogP contribution is -2.38. The highest BCUT2D eigenvalue weighted by atomic mass is 79.9. The van der Waals surface area contributed by atoms with Crippen molar-refractivity contribution < 1.29 is 0 Å². The predicted molar refractivity (Wildman–Crippen MR) is 85.4 cm³/mol. The van der Waals surface area contributed by atoms with Crippen LogP contribution in [0.2, 0.25) is 0 Å². The summed E-state index contributed by atoms with van der Waals surface area (Å²) in [7, 11) is 2.27. The minimum Gasteiger partial charge on any atom is -0.310 e. The normalized spacial score (nSPS) is 22.4. The average Bonchev–Trinajstić information content (AvgIpc) is 2.41. The first kappa shape index (κ1) is 15.0. The van der Waals surface area contributed by atoms with E-state index in [4.69, 9.17) is 0 Å². The molecule has 1 saturated heterocycles. The molecule has 0 bridgehead atoms. The summed E-state index contributed by atoms with van der Waals surface area (Å²) in [5.41, 5.74) is 1.35. The zero-order valence-electron chi connectivity index (χ0n) is 12.0. The van der Waals surface area contributed by atoms with Crippen molar-refractivity contribution in [2.75, 3.05) is 20.1 Å². The van der Waals surface area contributed by atoms with Crippen molar-refractivity contribution in [3.8, 4) is 0 Å². The summed E-state index contributed by atoms with van der Waals surface area (Å²) in [6.07, 6.45) is 5.39. The number of piperidine rings is 1. The molecular formula is C16H25BrN2. The Morgan fingerprint density at radius 1 is 1.42 bits per heavy atom. The molecule has 0 spiro atoms. The molecule has 2 nitrogen and oxygen atoms in total. The van der Waals surface area contributed by atoms with Gasteiger partial charge in [-0.05, 0) is 64.0 Å². The van der Waals surface area contributed by atoms with Crippen LogP contribution < -0.4 is 5.32 Å². The second-order valence-corrected chi connectivity index (χ2v) is 6.57. The largest absolute Gasteiger partial charge is 0.310 e. The molecule has 1 aromatic rings. The Balaban J connectivity index is 1.76. The van der Waals surface area contributed by atoms with Crippen molar-refractivity contribution in [1.29, 1.82) is 0 Å². The summed E-state index contributed by atoms with van der Waals surface area (Å²) in [5.74, 6) is 0. The minimum atomic E-state index is 0.423. The fraction of sp³-hybridized carbons (Fsp3) is 0.625. The van der Waals surface area contributed by atoms with E-state index < -0.39 is 0 Å². The molecule has 2 atom stereocenters. The molecule has 0 aromatic heterocycles. The monoisotopic (exact) mass is 324 g/mol. The van der Waals surface area contributed by atoms with Crippen LogP contribution in [0.3, 0.4) is 0 Å². The van der Waals surface area contributed by atoms with Gasteiger partial charge in [0.25, 0.3) is 0 Å². The van der Waals surface area contributed by atoms with E-state index in [0.717, 1.165) is 17.1 Å². The third-order valence-electron chi connectivity index (χ3n) is 4.20. The van der Waals surface area contributed by atoms with E-state index in [9.17, 15) is 0 Å². The van der Waals surface area contributed by atoms with E-state index in [0.29, 0.717) is 6.04 Å². The smallest absolute Gasteiger partial charge is 0.0292 e. The van der Waals surface area contributed by atoms with E-state index in [2.05, 4.69) is 64.4 Å². The lowest BCUT2D eigenvalue weighted by Gasteiger charge is -2.32. The highest BCUT2D eigenvalue weighted by Gasteiger charge is 2.18. The van der Waals surface area contributed by atoms with Crippen LogP contribution in [0, 0.1) is 0 Å². The van der Waals surface area contributed by atoms with Crippen molar-refractivity contribution in [3.05, 3.63) is 34.3 Å². The maximum absolute atomic E-state index is 3.65. The maximum Gasteiger partial charge on any atom is 0.0292 e. The molecule has 1 fully saturated rings. The molecule has 0 saturated carbocycles. The number of nitrogens with zero attached hydrogens (tertiary/aromatic N) is 1. The number of hydrogen-bond donors (Lipinski definition) is 1. The highest BCUT2D eigenvalue weighted by molar-refractivity contribution is 9.10. The van der Waals surface area contributed by atoms with E-state index >= 15 is 0 Å². The van der Waals surface area contributed by atoms with Gasteiger partial charge in [-0.3, -0.25) is 0 Å². The fourth-order valence-electron chi connectivity index (χ4n) is 2.87. The van der Waals surface area contributed by atoms with Crippen LogP contribution in [-0.2, 0) is 0 Å². The first-order chi connectivity index (χ1) is 9.16. The molecule has 1 N–H and O–H groups in total. The lowest BCUT2D eigenvalue weighted by atomic mass is 10.00. The molecule has 19 heavy (non-hydrogen) atoms. The van der Waals surface area contributed by atoms with Gasteiger partial charge < -0.3 is 10.2 Å². The number of benzene rings is 1. The number of likely N-dealkylation sites (tertiary alicyclic amines) is 1. The number of nitrogens with one attached hydrogen (secondary N) is 1. The van der Waals surface area contributed by atoms with Crippen molar-refractivity contribution in [3.63, 3.8) is 0 Å². The third kappa shape index (κ3) is 4.59. The zero-order chi connectivity index (χ0) is 13.7. The van der Waals surface area contributed by atoms with Crippen molar-refractivity contribution in [2.24, 2.45) is 0 Å². The van der Waals surface area contributed by atoms with Crippen LogP contribution in [0.15, 0.2) is 28.7 Å². The second-order valence-electron chi connectivity index (χ2n) is 5.65. The average molecular weight is 325 g/mol. The quantitative estimate of drug-likeness (QED) is 0.881. The van der Waals surface area contributed by atoms with Crippen molar-refractivity contribution >= 4 is 15.9 Å². The van der Waals surface area contributed by atoms with Crippen LogP contribution >= 0.6 is 15.9 Å². The molecular weight excluding hydrogens is 300 g/mol. The molecule has 106 valence electrons. The van der Waals surface area contributed by atoms with Gasteiger partial charge in [0.2, 0.25) is 0 Å². The molecule has 2 unspecified atom stereocenters. The zero-order valence-corrected chi connectivity index (χ0v) is 13.6. The van der Waals surface area contributed by atoms with Crippen LogP contribution in [0.4, 0.5) is 0 Å². The Hall–Kier alpha value is -0.380. The van der Waals surface area contributed by atoms with Gasteiger partial charge in [-0.25, -0.2) is 0 Å². The lowest BCUT2D eigenvalue weighted by molar-refractivity contribution is 0.174. The molecule has 1 aromatic carbocycles. The predicted octanol–water partition coefficient (Wildman–Crippen LogP) is 3.97. The summed E-state index contributed by atoms with van der Waals surface area (Å²) in [6, 6.07) is 9.77. The maximum atomic E-state index is 3.65. The molecule has 1 aliphatic heterocycles.